The van der Waals surface area contributed by atoms with Crippen LogP contribution in [0.15, 0.2) is 42.5 Å². The van der Waals surface area contributed by atoms with Crippen molar-refractivity contribution in [3.8, 4) is 11.5 Å². The molecule has 0 bridgehead atoms. The summed E-state index contributed by atoms with van der Waals surface area (Å²) in [4.78, 5) is 26.3. The van der Waals surface area contributed by atoms with Crippen molar-refractivity contribution in [3.63, 3.8) is 0 Å². The Labute approximate surface area is 157 Å². The van der Waals surface area contributed by atoms with Crippen molar-refractivity contribution in [2.75, 3.05) is 25.2 Å². The molecule has 2 aromatic rings. The van der Waals surface area contributed by atoms with Gasteiger partial charge in [0.05, 0.1) is 19.3 Å². The van der Waals surface area contributed by atoms with Gasteiger partial charge in [0.2, 0.25) is 6.10 Å². The van der Waals surface area contributed by atoms with Crippen molar-refractivity contribution in [2.24, 2.45) is 0 Å². The van der Waals surface area contributed by atoms with E-state index in [1.165, 1.54) is 23.1 Å². The molecule has 0 spiro atoms. The molecule has 27 heavy (non-hydrogen) atoms. The van der Waals surface area contributed by atoms with Crippen LogP contribution in [0, 0.1) is 0 Å². The number of methoxy groups -OCH3 is 1. The Kier molecular flexibility index (Phi) is 4.71. The molecule has 0 fully saturated rings. The second kappa shape index (κ2) is 7.31. The molecule has 6 nitrogen and oxygen atoms in total. The van der Waals surface area contributed by atoms with E-state index in [0.29, 0.717) is 17.2 Å². The summed E-state index contributed by atoms with van der Waals surface area (Å²) in [5.74, 6) is 0.419. The zero-order valence-electron chi connectivity index (χ0n) is 15.1. The van der Waals surface area contributed by atoms with Crippen LogP contribution in [0.3, 0.4) is 0 Å². The molecule has 1 amide bonds. The summed E-state index contributed by atoms with van der Waals surface area (Å²) in [7, 11) is 1.30. The Bertz CT molecular complexity index is 879. The first-order valence-electron chi connectivity index (χ1n) is 9.04. The maximum absolute atomic E-state index is 12.8. The van der Waals surface area contributed by atoms with Gasteiger partial charge in [0.1, 0.15) is 11.5 Å². The van der Waals surface area contributed by atoms with Gasteiger partial charge in [-0.25, -0.2) is 4.79 Å². The maximum Gasteiger partial charge on any atom is 0.348 e. The fourth-order valence-corrected chi connectivity index (χ4v) is 3.59. The van der Waals surface area contributed by atoms with Crippen LogP contribution in [0.1, 0.15) is 17.5 Å². The van der Waals surface area contributed by atoms with Gasteiger partial charge in [-0.3, -0.25) is 4.79 Å². The first-order chi connectivity index (χ1) is 13.2. The van der Waals surface area contributed by atoms with Crippen molar-refractivity contribution in [2.45, 2.75) is 25.4 Å². The van der Waals surface area contributed by atoms with Gasteiger partial charge in [-0.1, -0.05) is 18.2 Å². The van der Waals surface area contributed by atoms with E-state index < -0.39 is 12.1 Å². The third-order valence-corrected chi connectivity index (χ3v) is 4.97. The number of amides is 1. The average Bonchev–Trinajstić information content (AvgIpc) is 3.18. The van der Waals surface area contributed by atoms with Crippen LogP contribution in [0.2, 0.25) is 0 Å². The summed E-state index contributed by atoms with van der Waals surface area (Å²) >= 11 is 0. The molecule has 1 aliphatic heterocycles. The highest BCUT2D eigenvalue weighted by molar-refractivity contribution is 5.97. The van der Waals surface area contributed by atoms with E-state index in [2.05, 4.69) is 6.07 Å². The number of benzene rings is 2. The number of rotatable bonds is 4. The number of hydrogen-bond donors (Lipinski definition) is 0. The Morgan fingerprint density at radius 3 is 2.81 bits per heavy atom. The minimum atomic E-state index is -0.853. The molecule has 1 atom stereocenters. The predicted molar refractivity (Wildman–Crippen MR) is 99.2 cm³/mol. The quantitative estimate of drug-likeness (QED) is 0.777. The lowest BCUT2D eigenvalue weighted by Crippen LogP contribution is -2.48. The summed E-state index contributed by atoms with van der Waals surface area (Å²) in [5.41, 5.74) is 3.28. The van der Waals surface area contributed by atoms with Gasteiger partial charge >= 0.3 is 5.97 Å². The number of aryl methyl sites for hydroxylation is 2. The maximum atomic E-state index is 12.8. The number of esters is 1. The lowest BCUT2D eigenvalue weighted by atomic mass is 10.1. The van der Waals surface area contributed by atoms with Crippen LogP contribution in [-0.2, 0) is 27.2 Å². The normalized spacial score (nSPS) is 17.5. The summed E-state index contributed by atoms with van der Waals surface area (Å²) in [6.07, 6.45) is 2.47. The van der Waals surface area contributed by atoms with Crippen molar-refractivity contribution in [1.29, 1.82) is 0 Å². The molecular formula is C21H21NO5. The lowest BCUT2D eigenvalue weighted by molar-refractivity contribution is -0.148. The van der Waals surface area contributed by atoms with Crippen molar-refractivity contribution in [1.82, 2.24) is 0 Å². The Morgan fingerprint density at radius 2 is 1.96 bits per heavy atom. The second-order valence-electron chi connectivity index (χ2n) is 6.67. The van der Waals surface area contributed by atoms with Crippen LogP contribution >= 0.6 is 0 Å². The topological polar surface area (TPSA) is 65.1 Å². The minimum Gasteiger partial charge on any atom is -0.484 e. The molecule has 1 heterocycles. The van der Waals surface area contributed by atoms with Crippen LogP contribution in [0.25, 0.3) is 0 Å². The monoisotopic (exact) mass is 367 g/mol. The molecule has 1 aliphatic carbocycles. The van der Waals surface area contributed by atoms with Crippen LogP contribution < -0.4 is 14.4 Å². The highest BCUT2D eigenvalue weighted by Gasteiger charge is 2.34. The van der Waals surface area contributed by atoms with Crippen LogP contribution in [0.5, 0.6) is 11.5 Å². The summed E-state index contributed by atoms with van der Waals surface area (Å²) in [6.45, 7) is -0.0168. The first-order valence-corrected chi connectivity index (χ1v) is 9.04. The van der Waals surface area contributed by atoms with E-state index in [-0.39, 0.29) is 19.1 Å². The van der Waals surface area contributed by atoms with Gasteiger partial charge in [0, 0.05) is 0 Å². The van der Waals surface area contributed by atoms with Crippen LogP contribution in [0.4, 0.5) is 5.69 Å². The molecule has 2 aromatic carbocycles. The van der Waals surface area contributed by atoms with Gasteiger partial charge in [-0.2, -0.15) is 0 Å². The number of ether oxygens (including phenoxy) is 3. The van der Waals surface area contributed by atoms with Crippen LogP contribution in [-0.4, -0.2) is 38.2 Å². The van der Waals surface area contributed by atoms with Gasteiger partial charge in [0.25, 0.3) is 5.91 Å². The highest BCUT2D eigenvalue weighted by Crippen LogP contribution is 2.33. The molecule has 0 saturated carbocycles. The molecule has 2 aliphatic rings. The Hall–Kier alpha value is -3.02. The molecule has 1 unspecified atom stereocenters. The molecule has 140 valence electrons. The lowest BCUT2D eigenvalue weighted by Gasteiger charge is -2.33. The van der Waals surface area contributed by atoms with Crippen molar-refractivity contribution in [3.05, 3.63) is 53.6 Å². The fraction of sp³-hybridized carbons (Fsp3) is 0.333. The first kappa shape index (κ1) is 17.4. The number of hydrogen-bond acceptors (Lipinski definition) is 5. The van der Waals surface area contributed by atoms with E-state index in [4.69, 9.17) is 14.2 Å². The fourth-order valence-electron chi connectivity index (χ4n) is 3.59. The molecular weight excluding hydrogens is 346 g/mol. The van der Waals surface area contributed by atoms with E-state index in [1.807, 2.05) is 18.2 Å². The third kappa shape index (κ3) is 3.47. The van der Waals surface area contributed by atoms with Crippen molar-refractivity contribution >= 4 is 17.6 Å². The molecule has 0 aromatic heterocycles. The number of carbonyl (C=O) groups is 2. The minimum absolute atomic E-state index is 0.0933. The average molecular weight is 367 g/mol. The van der Waals surface area contributed by atoms with Gasteiger partial charge in [-0.05, 0) is 54.7 Å². The zero-order chi connectivity index (χ0) is 18.8. The summed E-state index contributed by atoms with van der Waals surface area (Å²) in [6, 6.07) is 13.1. The molecule has 4 rings (SSSR count). The Morgan fingerprint density at radius 1 is 1.15 bits per heavy atom. The van der Waals surface area contributed by atoms with E-state index in [0.717, 1.165) is 19.3 Å². The van der Waals surface area contributed by atoms with Gasteiger partial charge in [0.15, 0.2) is 6.61 Å². The Balaban J connectivity index is 1.49. The number of fused-ring (bicyclic) bond motifs is 2. The third-order valence-electron chi connectivity index (χ3n) is 4.97. The van der Waals surface area contributed by atoms with Gasteiger partial charge in [-0.15, -0.1) is 0 Å². The molecule has 0 radical (unpaired) electrons. The van der Waals surface area contributed by atoms with E-state index in [9.17, 15) is 9.59 Å². The van der Waals surface area contributed by atoms with E-state index >= 15 is 0 Å². The highest BCUT2D eigenvalue weighted by atomic mass is 16.6. The van der Waals surface area contributed by atoms with Gasteiger partial charge < -0.3 is 19.1 Å². The second-order valence-corrected chi connectivity index (χ2v) is 6.67. The number of anilines is 1. The summed E-state index contributed by atoms with van der Waals surface area (Å²) < 4.78 is 16.2. The predicted octanol–water partition coefficient (Wildman–Crippen LogP) is 2.52. The number of nitrogens with zero attached hydrogens (tertiary/aromatic N) is 1. The smallest absolute Gasteiger partial charge is 0.348 e. The van der Waals surface area contributed by atoms with E-state index in [1.54, 1.807) is 18.2 Å². The number of carbonyl (C=O) groups excluding carboxylic acids is 2. The number of para-hydroxylation sites is 2. The largest absolute Gasteiger partial charge is 0.484 e. The zero-order valence-corrected chi connectivity index (χ0v) is 15.1. The molecule has 0 saturated heterocycles. The van der Waals surface area contributed by atoms with Crippen molar-refractivity contribution < 1.29 is 23.8 Å². The molecule has 0 N–H and O–H groups in total. The molecule has 6 heteroatoms. The summed E-state index contributed by atoms with van der Waals surface area (Å²) in [5, 5.41) is 0. The SMILES string of the molecule is COC(=O)C1CN(C(=O)COc2ccc3c(c2)CCC3)c2ccccc2O1. The standard InChI is InChI=1S/C21H21NO5/c1-25-21(24)19-12-22(17-7-2-3-8-18(17)27-19)20(23)13-26-16-10-9-14-5-4-6-15(14)11-16/h2-3,7-11,19H,4-6,12-13H2,1H3.